The van der Waals surface area contributed by atoms with Crippen molar-refractivity contribution in [3.63, 3.8) is 0 Å². The summed E-state index contributed by atoms with van der Waals surface area (Å²) in [6.45, 7) is 4.88. The molecule has 0 fully saturated rings. The Morgan fingerprint density at radius 2 is 1.56 bits per heavy atom. The molecule has 16 heavy (non-hydrogen) atoms. The number of methoxy groups -OCH3 is 2. The van der Waals surface area contributed by atoms with Crippen molar-refractivity contribution in [1.29, 1.82) is 0 Å². The second-order valence-electron chi connectivity index (χ2n) is 3.60. The lowest BCUT2D eigenvalue weighted by molar-refractivity contribution is 0.101. The SMILES string of the molecule is COc1c(C)c(O)c(C(C)=O)c(OC)c1C. The minimum atomic E-state index is -0.233. The average Bonchev–Trinajstić information content (AvgIpc) is 2.23. The molecule has 0 bridgehead atoms. The number of hydrogen-bond donors (Lipinski definition) is 1. The molecule has 1 N–H and O–H groups in total. The van der Waals surface area contributed by atoms with Gasteiger partial charge < -0.3 is 14.6 Å². The number of rotatable bonds is 3. The Morgan fingerprint density at radius 1 is 1.06 bits per heavy atom. The van der Waals surface area contributed by atoms with E-state index in [2.05, 4.69) is 0 Å². The predicted molar refractivity (Wildman–Crippen MR) is 60.7 cm³/mol. The normalized spacial score (nSPS) is 10.1. The van der Waals surface area contributed by atoms with Crippen LogP contribution in [0.3, 0.4) is 0 Å². The monoisotopic (exact) mass is 224 g/mol. The van der Waals surface area contributed by atoms with E-state index in [0.717, 1.165) is 0 Å². The first-order valence-corrected chi connectivity index (χ1v) is 4.90. The molecule has 0 unspecified atom stereocenters. The topological polar surface area (TPSA) is 55.8 Å². The highest BCUT2D eigenvalue weighted by molar-refractivity contribution is 6.01. The van der Waals surface area contributed by atoms with Crippen molar-refractivity contribution in [2.24, 2.45) is 0 Å². The number of phenolic OH excluding ortho intramolecular Hbond substituents is 1. The van der Waals surface area contributed by atoms with Crippen molar-refractivity contribution >= 4 is 5.78 Å². The molecule has 0 radical (unpaired) electrons. The van der Waals surface area contributed by atoms with Crippen LogP contribution in [0, 0.1) is 13.8 Å². The van der Waals surface area contributed by atoms with Gasteiger partial charge in [0.25, 0.3) is 0 Å². The van der Waals surface area contributed by atoms with Crippen LogP contribution >= 0.6 is 0 Å². The fourth-order valence-electron chi connectivity index (χ4n) is 1.86. The van der Waals surface area contributed by atoms with Crippen LogP contribution in [0.15, 0.2) is 0 Å². The second-order valence-corrected chi connectivity index (χ2v) is 3.60. The third kappa shape index (κ3) is 1.71. The van der Waals surface area contributed by atoms with Crippen molar-refractivity contribution in [3.05, 3.63) is 16.7 Å². The molecule has 4 nitrogen and oxygen atoms in total. The van der Waals surface area contributed by atoms with Gasteiger partial charge in [-0.15, -0.1) is 0 Å². The summed E-state index contributed by atoms with van der Waals surface area (Å²) in [5.41, 5.74) is 1.47. The number of phenols is 1. The molecule has 0 amide bonds. The van der Waals surface area contributed by atoms with Crippen molar-refractivity contribution in [2.45, 2.75) is 20.8 Å². The van der Waals surface area contributed by atoms with E-state index in [4.69, 9.17) is 9.47 Å². The summed E-state index contributed by atoms with van der Waals surface area (Å²) in [6.07, 6.45) is 0. The van der Waals surface area contributed by atoms with Gasteiger partial charge in [0.2, 0.25) is 0 Å². The van der Waals surface area contributed by atoms with Crippen LogP contribution in [-0.4, -0.2) is 25.1 Å². The Kier molecular flexibility index (Phi) is 3.42. The van der Waals surface area contributed by atoms with E-state index in [0.29, 0.717) is 22.6 Å². The van der Waals surface area contributed by atoms with Gasteiger partial charge in [-0.1, -0.05) is 0 Å². The number of carbonyl (C=O) groups is 1. The number of Topliss-reactive ketones (excluding diaryl/α,β-unsaturated/α-hetero) is 1. The Bertz CT molecular complexity index is 435. The van der Waals surface area contributed by atoms with E-state index in [1.807, 2.05) is 0 Å². The summed E-state index contributed by atoms with van der Waals surface area (Å²) in [5, 5.41) is 9.94. The van der Waals surface area contributed by atoms with Gasteiger partial charge in [0.05, 0.1) is 14.2 Å². The number of aromatic hydroxyl groups is 1. The van der Waals surface area contributed by atoms with Crippen LogP contribution in [0.4, 0.5) is 0 Å². The lowest BCUT2D eigenvalue weighted by atomic mass is 9.99. The first-order chi connectivity index (χ1) is 7.45. The fourth-order valence-corrected chi connectivity index (χ4v) is 1.86. The maximum absolute atomic E-state index is 11.5. The molecule has 0 spiro atoms. The summed E-state index contributed by atoms with van der Waals surface area (Å²) in [5.74, 6) is 0.599. The minimum Gasteiger partial charge on any atom is -0.507 e. The number of benzene rings is 1. The van der Waals surface area contributed by atoms with Crippen LogP contribution in [0.25, 0.3) is 0 Å². The maximum atomic E-state index is 11.5. The molecule has 1 aromatic rings. The number of ether oxygens (including phenoxy) is 2. The smallest absolute Gasteiger partial charge is 0.167 e. The zero-order valence-corrected chi connectivity index (χ0v) is 10.2. The molecule has 1 aromatic carbocycles. The first kappa shape index (κ1) is 12.4. The molecule has 0 aliphatic carbocycles. The van der Waals surface area contributed by atoms with E-state index in [1.54, 1.807) is 13.8 Å². The van der Waals surface area contributed by atoms with Crippen molar-refractivity contribution in [3.8, 4) is 17.2 Å². The molecule has 88 valence electrons. The zero-order valence-electron chi connectivity index (χ0n) is 10.2. The quantitative estimate of drug-likeness (QED) is 0.800. The van der Waals surface area contributed by atoms with Gasteiger partial charge in [-0.25, -0.2) is 0 Å². The molecule has 0 aromatic heterocycles. The highest BCUT2D eigenvalue weighted by atomic mass is 16.5. The van der Waals surface area contributed by atoms with Gasteiger partial charge >= 0.3 is 0 Å². The molecule has 0 atom stereocenters. The standard InChI is InChI=1S/C12H16O4/c1-6-10(14)9(8(3)13)12(16-5)7(2)11(6)15-4/h14H,1-5H3. The number of carbonyl (C=O) groups excluding carboxylic acids is 1. The van der Waals surface area contributed by atoms with Crippen molar-refractivity contribution < 1.29 is 19.4 Å². The fraction of sp³-hybridized carbons (Fsp3) is 0.417. The number of hydrogen-bond acceptors (Lipinski definition) is 4. The molecule has 0 aliphatic rings. The van der Waals surface area contributed by atoms with E-state index in [1.165, 1.54) is 21.1 Å². The molecule has 4 heteroatoms. The minimum absolute atomic E-state index is 0.0770. The Balaban J connectivity index is 3.70. The van der Waals surface area contributed by atoms with Crippen molar-refractivity contribution in [1.82, 2.24) is 0 Å². The van der Waals surface area contributed by atoms with Crippen LogP contribution in [0.5, 0.6) is 17.2 Å². The summed E-state index contributed by atoms with van der Waals surface area (Å²) < 4.78 is 10.3. The lowest BCUT2D eigenvalue weighted by Crippen LogP contribution is -2.04. The zero-order chi connectivity index (χ0) is 12.5. The highest BCUT2D eigenvalue weighted by Crippen LogP contribution is 2.42. The maximum Gasteiger partial charge on any atom is 0.167 e. The van der Waals surface area contributed by atoms with Gasteiger partial charge in [0, 0.05) is 11.1 Å². The lowest BCUT2D eigenvalue weighted by Gasteiger charge is -2.17. The van der Waals surface area contributed by atoms with Crippen LogP contribution in [0.2, 0.25) is 0 Å². The Labute approximate surface area is 94.8 Å². The third-order valence-electron chi connectivity index (χ3n) is 2.60. The van der Waals surface area contributed by atoms with Gasteiger partial charge in [-0.05, 0) is 20.8 Å². The van der Waals surface area contributed by atoms with Gasteiger partial charge in [-0.3, -0.25) is 4.79 Å². The van der Waals surface area contributed by atoms with E-state index < -0.39 is 0 Å². The van der Waals surface area contributed by atoms with Crippen molar-refractivity contribution in [2.75, 3.05) is 14.2 Å². The predicted octanol–water partition coefficient (Wildman–Crippen LogP) is 2.23. The van der Waals surface area contributed by atoms with Crippen LogP contribution in [-0.2, 0) is 0 Å². The Hall–Kier alpha value is -1.71. The summed E-state index contributed by atoms with van der Waals surface area (Å²) >= 11 is 0. The second kappa shape index (κ2) is 4.43. The Morgan fingerprint density at radius 3 is 1.94 bits per heavy atom. The van der Waals surface area contributed by atoms with Gasteiger partial charge in [0.1, 0.15) is 22.8 Å². The summed E-state index contributed by atoms with van der Waals surface area (Å²) in [6, 6.07) is 0. The van der Waals surface area contributed by atoms with Gasteiger partial charge in [0.15, 0.2) is 5.78 Å². The third-order valence-corrected chi connectivity index (χ3v) is 2.60. The molecule has 1 rings (SSSR count). The molecular formula is C12H16O4. The van der Waals surface area contributed by atoms with Crippen LogP contribution in [0.1, 0.15) is 28.4 Å². The van der Waals surface area contributed by atoms with E-state index >= 15 is 0 Å². The average molecular weight is 224 g/mol. The van der Waals surface area contributed by atoms with Crippen LogP contribution < -0.4 is 9.47 Å². The van der Waals surface area contributed by atoms with E-state index in [-0.39, 0.29) is 17.1 Å². The molecule has 0 aliphatic heterocycles. The number of ketones is 1. The summed E-state index contributed by atoms with van der Waals surface area (Å²) in [7, 11) is 2.98. The molecule has 0 saturated heterocycles. The summed E-state index contributed by atoms with van der Waals surface area (Å²) in [4.78, 5) is 11.5. The van der Waals surface area contributed by atoms with Gasteiger partial charge in [-0.2, -0.15) is 0 Å². The molecular weight excluding hydrogens is 208 g/mol. The molecule has 0 saturated carbocycles. The van der Waals surface area contributed by atoms with E-state index in [9.17, 15) is 9.90 Å². The first-order valence-electron chi connectivity index (χ1n) is 4.90. The molecule has 0 heterocycles. The largest absolute Gasteiger partial charge is 0.507 e. The highest BCUT2D eigenvalue weighted by Gasteiger charge is 2.23.